The van der Waals surface area contributed by atoms with Crippen LogP contribution >= 0.6 is 11.8 Å². The van der Waals surface area contributed by atoms with E-state index in [1.807, 2.05) is 85.1 Å². The molecule has 234 valence electrons. The Morgan fingerprint density at radius 1 is 0.851 bits per heavy atom. The number of anilines is 1. The number of hydrogen-bond donors (Lipinski definition) is 1. The highest BCUT2D eigenvalue weighted by Crippen LogP contribution is 2.33. The molecule has 0 spiro atoms. The van der Waals surface area contributed by atoms with Crippen LogP contribution in [0.1, 0.15) is 15.9 Å². The quantitative estimate of drug-likeness (QED) is 0.0836. The number of ether oxygens (including phenoxy) is 2. The fourth-order valence-electron chi connectivity index (χ4n) is 4.61. The summed E-state index contributed by atoms with van der Waals surface area (Å²) in [5.74, 6) is 1.40. The lowest BCUT2D eigenvalue weighted by Gasteiger charge is -2.05. The smallest absolute Gasteiger partial charge is 0.277 e. The maximum absolute atomic E-state index is 12.7. The van der Waals surface area contributed by atoms with Crippen LogP contribution in [0.3, 0.4) is 0 Å². The van der Waals surface area contributed by atoms with Gasteiger partial charge in [-0.25, -0.2) is 4.68 Å². The third-order valence-electron chi connectivity index (χ3n) is 7.06. The first-order chi connectivity index (χ1) is 23.0. The normalized spacial score (nSPS) is 11.0. The molecule has 0 aliphatic heterocycles. The van der Waals surface area contributed by atoms with Crippen molar-refractivity contribution in [3.05, 3.63) is 127 Å². The summed E-state index contributed by atoms with van der Waals surface area (Å²) in [5.41, 5.74) is 4.99. The number of methoxy groups -OCH3 is 2. The van der Waals surface area contributed by atoms with Crippen molar-refractivity contribution in [3.63, 3.8) is 0 Å². The predicted molar refractivity (Wildman–Crippen MR) is 181 cm³/mol. The van der Waals surface area contributed by atoms with Crippen LogP contribution in [-0.2, 0) is 4.79 Å². The van der Waals surface area contributed by atoms with E-state index in [0.717, 1.165) is 40.1 Å². The van der Waals surface area contributed by atoms with Crippen LogP contribution in [0, 0.1) is 0 Å². The van der Waals surface area contributed by atoms with Gasteiger partial charge in [0.1, 0.15) is 17.2 Å². The summed E-state index contributed by atoms with van der Waals surface area (Å²) in [4.78, 5) is 25.3. The first kappa shape index (κ1) is 31.1. The van der Waals surface area contributed by atoms with Gasteiger partial charge in [-0.05, 0) is 84.4 Å². The van der Waals surface area contributed by atoms with Gasteiger partial charge in [-0.1, -0.05) is 48.2 Å². The van der Waals surface area contributed by atoms with E-state index in [2.05, 4.69) is 15.5 Å². The Hall–Kier alpha value is -5.94. The number of nitrogens with zero attached hydrogens (tertiary/aromatic N) is 4. The Labute approximate surface area is 275 Å². The van der Waals surface area contributed by atoms with Gasteiger partial charge in [-0.3, -0.25) is 9.59 Å². The third-order valence-corrected chi connectivity index (χ3v) is 7.88. The number of thioether (sulfide) groups is 1. The molecule has 0 radical (unpaired) electrons. The standard InChI is InChI=1S/C36H29N5O5S/c1-44-29-17-8-24(9-18-29)10-21-32(42)25-11-15-27(16-12-25)37-33(43)23-47-36-39-38-35(46-36)31-22-41(28-6-4-3-5-7-28)40-34(31)26-13-19-30(45-2)20-14-26/h3-22H,23H2,1-2H3,(H,37,43)/b21-10+. The molecule has 1 N–H and O–H groups in total. The van der Waals surface area contributed by atoms with Gasteiger partial charge in [0.15, 0.2) is 5.78 Å². The highest BCUT2D eigenvalue weighted by molar-refractivity contribution is 7.99. The lowest BCUT2D eigenvalue weighted by atomic mass is 10.1. The lowest BCUT2D eigenvalue weighted by Crippen LogP contribution is -2.14. The van der Waals surface area contributed by atoms with E-state index in [0.29, 0.717) is 22.5 Å². The van der Waals surface area contributed by atoms with E-state index in [1.54, 1.807) is 49.2 Å². The summed E-state index contributed by atoms with van der Waals surface area (Å²) in [7, 11) is 3.22. The van der Waals surface area contributed by atoms with Crippen molar-refractivity contribution in [1.82, 2.24) is 20.0 Å². The molecular formula is C36H29N5O5S. The molecule has 6 rings (SSSR count). The van der Waals surface area contributed by atoms with Gasteiger partial charge >= 0.3 is 0 Å². The monoisotopic (exact) mass is 643 g/mol. The molecular weight excluding hydrogens is 614 g/mol. The number of nitrogens with one attached hydrogen (secondary N) is 1. The minimum Gasteiger partial charge on any atom is -0.497 e. The molecule has 0 saturated carbocycles. The van der Waals surface area contributed by atoms with Crippen molar-refractivity contribution < 1.29 is 23.5 Å². The van der Waals surface area contributed by atoms with Crippen LogP contribution in [0.4, 0.5) is 5.69 Å². The molecule has 0 saturated heterocycles. The van der Waals surface area contributed by atoms with Crippen molar-refractivity contribution in [1.29, 1.82) is 0 Å². The number of carbonyl (C=O) groups excluding carboxylic acids is 2. The molecule has 6 aromatic rings. The molecule has 0 unspecified atom stereocenters. The average molecular weight is 644 g/mol. The van der Waals surface area contributed by atoms with Crippen LogP contribution in [0.25, 0.3) is 34.5 Å². The number of para-hydroxylation sites is 1. The zero-order chi connectivity index (χ0) is 32.6. The van der Waals surface area contributed by atoms with Gasteiger partial charge in [0, 0.05) is 23.0 Å². The number of amides is 1. The van der Waals surface area contributed by atoms with Crippen molar-refractivity contribution in [3.8, 4) is 39.9 Å². The van der Waals surface area contributed by atoms with Crippen LogP contribution < -0.4 is 14.8 Å². The Morgan fingerprint density at radius 2 is 1.53 bits per heavy atom. The molecule has 2 heterocycles. The third kappa shape index (κ3) is 7.66. The maximum atomic E-state index is 12.7. The molecule has 47 heavy (non-hydrogen) atoms. The molecule has 4 aromatic carbocycles. The van der Waals surface area contributed by atoms with Crippen molar-refractivity contribution >= 4 is 35.2 Å². The second-order valence-corrected chi connectivity index (χ2v) is 11.1. The van der Waals surface area contributed by atoms with Crippen molar-refractivity contribution in [2.24, 2.45) is 0 Å². The number of carbonyl (C=O) groups is 2. The number of ketones is 1. The molecule has 2 aromatic heterocycles. The second kappa shape index (κ2) is 14.4. The minimum absolute atomic E-state index is 0.0432. The van der Waals surface area contributed by atoms with E-state index < -0.39 is 0 Å². The Balaban J connectivity index is 1.09. The van der Waals surface area contributed by atoms with Gasteiger partial charge < -0.3 is 19.2 Å². The summed E-state index contributed by atoms with van der Waals surface area (Å²) in [6, 6.07) is 31.4. The summed E-state index contributed by atoms with van der Waals surface area (Å²) in [5, 5.41) is 16.3. The Morgan fingerprint density at radius 3 is 2.21 bits per heavy atom. The van der Waals surface area contributed by atoms with E-state index in [1.165, 1.54) is 6.08 Å². The molecule has 11 heteroatoms. The number of rotatable bonds is 12. The largest absolute Gasteiger partial charge is 0.497 e. The van der Waals surface area contributed by atoms with E-state index >= 15 is 0 Å². The number of hydrogen-bond acceptors (Lipinski definition) is 9. The number of benzene rings is 4. The molecule has 0 atom stereocenters. The van der Waals surface area contributed by atoms with Crippen molar-refractivity contribution in [2.45, 2.75) is 5.22 Å². The van der Waals surface area contributed by atoms with E-state index in [9.17, 15) is 9.59 Å². The van der Waals surface area contributed by atoms with E-state index in [-0.39, 0.29) is 28.6 Å². The maximum Gasteiger partial charge on any atom is 0.277 e. The van der Waals surface area contributed by atoms with Gasteiger partial charge in [-0.15, -0.1) is 10.2 Å². The van der Waals surface area contributed by atoms with Crippen molar-refractivity contribution in [2.75, 3.05) is 25.3 Å². The highest BCUT2D eigenvalue weighted by Gasteiger charge is 2.20. The Bertz CT molecular complexity index is 2000. The zero-order valence-electron chi connectivity index (χ0n) is 25.5. The molecule has 0 bridgehead atoms. The van der Waals surface area contributed by atoms with Gasteiger partial charge in [-0.2, -0.15) is 5.10 Å². The molecule has 0 aliphatic carbocycles. The highest BCUT2D eigenvalue weighted by atomic mass is 32.2. The fourth-order valence-corrected chi connectivity index (χ4v) is 5.17. The van der Waals surface area contributed by atoms with Crippen LogP contribution in [0.15, 0.2) is 125 Å². The van der Waals surface area contributed by atoms with E-state index in [4.69, 9.17) is 19.0 Å². The van der Waals surface area contributed by atoms with Crippen LogP contribution in [0.2, 0.25) is 0 Å². The molecule has 0 aliphatic rings. The summed E-state index contributed by atoms with van der Waals surface area (Å²) >= 11 is 1.12. The predicted octanol–water partition coefficient (Wildman–Crippen LogP) is 7.23. The first-order valence-corrected chi connectivity index (χ1v) is 15.5. The van der Waals surface area contributed by atoms with Gasteiger partial charge in [0.05, 0.1) is 31.2 Å². The van der Waals surface area contributed by atoms with Crippen LogP contribution in [0.5, 0.6) is 11.5 Å². The fraction of sp³-hybridized carbons (Fsp3) is 0.0833. The zero-order valence-corrected chi connectivity index (χ0v) is 26.3. The molecule has 1 amide bonds. The second-order valence-electron chi connectivity index (χ2n) is 10.2. The average Bonchev–Trinajstić information content (AvgIpc) is 3.79. The number of allylic oxidation sites excluding steroid dienone is 1. The SMILES string of the molecule is COc1ccc(/C=C/C(=O)c2ccc(NC(=O)CSc3nnc(-c4cn(-c5ccccc5)nc4-c4ccc(OC)cc4)o3)cc2)cc1. The summed E-state index contributed by atoms with van der Waals surface area (Å²) in [6.45, 7) is 0. The lowest BCUT2D eigenvalue weighted by molar-refractivity contribution is -0.113. The summed E-state index contributed by atoms with van der Waals surface area (Å²) in [6.07, 6.45) is 5.09. The minimum atomic E-state index is -0.260. The topological polar surface area (TPSA) is 121 Å². The Kier molecular flexibility index (Phi) is 9.54. The molecule has 0 fully saturated rings. The number of aromatic nitrogens is 4. The molecule has 10 nitrogen and oxygen atoms in total. The van der Waals surface area contributed by atoms with Gasteiger partial charge in [0.2, 0.25) is 5.91 Å². The van der Waals surface area contributed by atoms with Crippen LogP contribution in [-0.4, -0.2) is 51.6 Å². The van der Waals surface area contributed by atoms with Gasteiger partial charge in [0.25, 0.3) is 11.1 Å². The summed E-state index contributed by atoms with van der Waals surface area (Å²) < 4.78 is 18.2. The first-order valence-electron chi connectivity index (χ1n) is 14.5.